The first-order valence-electron chi connectivity index (χ1n) is 4.34. The van der Waals surface area contributed by atoms with E-state index in [4.69, 9.17) is 5.11 Å². The summed E-state index contributed by atoms with van der Waals surface area (Å²) in [5.41, 5.74) is -2.58. The number of carboxylic acids is 1. The molecule has 0 aromatic heterocycles. The largest absolute Gasteiger partial charge is 0.477 e. The van der Waals surface area contributed by atoms with Gasteiger partial charge in [0.25, 0.3) is 0 Å². The predicted molar refractivity (Wildman–Crippen MR) is 55.7 cm³/mol. The van der Waals surface area contributed by atoms with E-state index in [1.165, 1.54) is 0 Å². The van der Waals surface area contributed by atoms with Gasteiger partial charge in [-0.25, -0.2) is 13.6 Å². The summed E-state index contributed by atoms with van der Waals surface area (Å²) >= 11 is 2.52. The molecule has 1 rings (SSSR count). The van der Waals surface area contributed by atoms with Gasteiger partial charge in [0.15, 0.2) is 5.82 Å². The molecular formula is C9H3BrF5NO3. The van der Waals surface area contributed by atoms with Gasteiger partial charge in [0, 0.05) is 4.47 Å². The number of anilines is 1. The lowest BCUT2D eigenvalue weighted by atomic mass is 10.1. The number of carbonyl (C=O) groups is 2. The second kappa shape index (κ2) is 5.11. The standard InChI is InChI=1S/C9H3BrF5NO3/c10-2-1-3(11)4(7(17)18)5(12)6(2)16-8(19)9(13,14)15/h1H,(H,16,19)(H,17,18). The lowest BCUT2D eigenvalue weighted by molar-refractivity contribution is -0.167. The van der Waals surface area contributed by atoms with Crippen molar-refractivity contribution < 1.29 is 36.6 Å². The SMILES string of the molecule is O=C(O)c1c(F)cc(Br)c(NC(=O)C(F)(F)F)c1F. The summed E-state index contributed by atoms with van der Waals surface area (Å²) in [6.07, 6.45) is -5.30. The highest BCUT2D eigenvalue weighted by Crippen LogP contribution is 2.31. The molecule has 0 atom stereocenters. The van der Waals surface area contributed by atoms with E-state index in [1.54, 1.807) is 0 Å². The molecule has 0 heterocycles. The van der Waals surface area contributed by atoms with Gasteiger partial charge in [0.1, 0.15) is 11.4 Å². The van der Waals surface area contributed by atoms with E-state index in [9.17, 15) is 31.5 Å². The number of rotatable bonds is 2. The van der Waals surface area contributed by atoms with Gasteiger partial charge >= 0.3 is 18.1 Å². The molecule has 0 bridgehead atoms. The predicted octanol–water partition coefficient (Wildman–Crippen LogP) is 2.93. The number of halogens is 6. The van der Waals surface area contributed by atoms with Crippen LogP contribution < -0.4 is 5.32 Å². The average Bonchev–Trinajstić information content (AvgIpc) is 2.21. The Hall–Kier alpha value is -1.71. The van der Waals surface area contributed by atoms with E-state index in [1.807, 2.05) is 0 Å². The van der Waals surface area contributed by atoms with Crippen molar-refractivity contribution in [2.75, 3.05) is 5.32 Å². The Morgan fingerprint density at radius 2 is 1.79 bits per heavy atom. The number of alkyl halides is 3. The molecule has 0 spiro atoms. The first-order chi connectivity index (χ1) is 8.55. The van der Waals surface area contributed by atoms with Gasteiger partial charge in [0.2, 0.25) is 0 Å². The van der Waals surface area contributed by atoms with Crippen LogP contribution in [0.15, 0.2) is 10.5 Å². The van der Waals surface area contributed by atoms with Crippen molar-refractivity contribution in [1.82, 2.24) is 0 Å². The zero-order valence-electron chi connectivity index (χ0n) is 8.61. The van der Waals surface area contributed by atoms with Crippen molar-refractivity contribution in [2.45, 2.75) is 6.18 Å². The molecule has 4 nitrogen and oxygen atoms in total. The van der Waals surface area contributed by atoms with Gasteiger partial charge in [-0.15, -0.1) is 0 Å². The van der Waals surface area contributed by atoms with Crippen molar-refractivity contribution >= 4 is 33.5 Å². The van der Waals surface area contributed by atoms with Gasteiger partial charge in [-0.05, 0) is 22.0 Å². The Morgan fingerprint density at radius 3 is 2.21 bits per heavy atom. The molecule has 0 unspecified atom stereocenters. The summed E-state index contributed by atoms with van der Waals surface area (Å²) < 4.78 is 62.1. The highest BCUT2D eigenvalue weighted by molar-refractivity contribution is 9.10. The Morgan fingerprint density at radius 1 is 1.26 bits per heavy atom. The number of benzene rings is 1. The van der Waals surface area contributed by atoms with E-state index >= 15 is 0 Å². The van der Waals surface area contributed by atoms with Crippen LogP contribution >= 0.6 is 15.9 Å². The highest BCUT2D eigenvalue weighted by Gasteiger charge is 2.40. The smallest absolute Gasteiger partial charge is 0.471 e. The number of carbonyl (C=O) groups excluding carboxylic acids is 1. The van der Waals surface area contributed by atoms with E-state index in [0.29, 0.717) is 6.07 Å². The second-order valence-electron chi connectivity index (χ2n) is 3.16. The van der Waals surface area contributed by atoms with Crippen LogP contribution in [0, 0.1) is 11.6 Å². The second-order valence-corrected chi connectivity index (χ2v) is 4.02. The minimum absolute atomic E-state index is 0.429. The van der Waals surface area contributed by atoms with Gasteiger partial charge in [-0.1, -0.05) is 0 Å². The summed E-state index contributed by atoms with van der Waals surface area (Å²) in [4.78, 5) is 21.2. The first-order valence-corrected chi connectivity index (χ1v) is 5.14. The van der Waals surface area contributed by atoms with Crippen molar-refractivity contribution in [3.63, 3.8) is 0 Å². The molecule has 0 aliphatic heterocycles. The topological polar surface area (TPSA) is 66.4 Å². The Labute approximate surface area is 110 Å². The molecule has 0 fully saturated rings. The summed E-state index contributed by atoms with van der Waals surface area (Å²) in [7, 11) is 0. The van der Waals surface area contributed by atoms with Gasteiger partial charge in [-0.2, -0.15) is 13.2 Å². The van der Waals surface area contributed by atoms with Crippen molar-refractivity contribution in [2.24, 2.45) is 0 Å². The summed E-state index contributed by atoms with van der Waals surface area (Å²) in [6.45, 7) is 0. The van der Waals surface area contributed by atoms with Crippen LogP contribution in [-0.4, -0.2) is 23.2 Å². The maximum atomic E-state index is 13.6. The van der Waals surface area contributed by atoms with Crippen LogP contribution in [0.5, 0.6) is 0 Å². The van der Waals surface area contributed by atoms with Crippen LogP contribution in [0.3, 0.4) is 0 Å². The van der Waals surface area contributed by atoms with Gasteiger partial charge in [-0.3, -0.25) is 4.79 Å². The number of hydrogen-bond acceptors (Lipinski definition) is 2. The lowest BCUT2D eigenvalue weighted by Crippen LogP contribution is -2.30. The highest BCUT2D eigenvalue weighted by atomic mass is 79.9. The molecule has 2 N–H and O–H groups in total. The quantitative estimate of drug-likeness (QED) is 0.808. The zero-order chi connectivity index (χ0) is 15.0. The molecule has 0 aliphatic carbocycles. The molecule has 1 aromatic carbocycles. The molecule has 0 radical (unpaired) electrons. The van der Waals surface area contributed by atoms with Crippen LogP contribution in [0.25, 0.3) is 0 Å². The van der Waals surface area contributed by atoms with Gasteiger partial charge in [0.05, 0.1) is 5.69 Å². The summed E-state index contributed by atoms with van der Waals surface area (Å²) in [6, 6.07) is 0.429. The Balaban J connectivity index is 3.33. The average molecular weight is 348 g/mol. The number of aromatic carboxylic acids is 1. The Bertz CT molecular complexity index is 558. The van der Waals surface area contributed by atoms with Crippen LogP contribution in [0.4, 0.5) is 27.6 Å². The van der Waals surface area contributed by atoms with Crippen molar-refractivity contribution in [1.29, 1.82) is 0 Å². The molecule has 104 valence electrons. The fourth-order valence-electron chi connectivity index (χ4n) is 1.09. The van der Waals surface area contributed by atoms with Crippen molar-refractivity contribution in [3.8, 4) is 0 Å². The molecule has 19 heavy (non-hydrogen) atoms. The summed E-state index contributed by atoms with van der Waals surface area (Å²) in [5, 5.41) is 9.65. The fraction of sp³-hybridized carbons (Fsp3) is 0.111. The van der Waals surface area contributed by atoms with Crippen molar-refractivity contribution in [3.05, 3.63) is 27.7 Å². The molecule has 10 heteroatoms. The number of hydrogen-bond donors (Lipinski definition) is 2. The molecule has 1 amide bonds. The molecule has 1 aromatic rings. The van der Waals surface area contributed by atoms with Gasteiger partial charge < -0.3 is 10.4 Å². The number of carboxylic acid groups (broad SMARTS) is 1. The van der Waals surface area contributed by atoms with Crippen LogP contribution in [-0.2, 0) is 4.79 Å². The third-order valence-corrected chi connectivity index (χ3v) is 2.51. The molecule has 0 saturated heterocycles. The van der Waals surface area contributed by atoms with E-state index in [0.717, 1.165) is 5.32 Å². The van der Waals surface area contributed by atoms with Crippen LogP contribution in [0.1, 0.15) is 10.4 Å². The van der Waals surface area contributed by atoms with E-state index in [2.05, 4.69) is 15.9 Å². The maximum absolute atomic E-state index is 13.6. The molecular weight excluding hydrogens is 345 g/mol. The monoisotopic (exact) mass is 347 g/mol. The minimum atomic E-state index is -5.30. The van der Waals surface area contributed by atoms with Crippen LogP contribution in [0.2, 0.25) is 0 Å². The molecule has 0 aliphatic rings. The minimum Gasteiger partial charge on any atom is -0.477 e. The van der Waals surface area contributed by atoms with E-state index in [-0.39, 0.29) is 0 Å². The third-order valence-electron chi connectivity index (χ3n) is 1.88. The lowest BCUT2D eigenvalue weighted by Gasteiger charge is -2.12. The summed E-state index contributed by atoms with van der Waals surface area (Å²) in [5.74, 6) is -7.86. The number of amides is 1. The van der Waals surface area contributed by atoms with E-state index < -0.39 is 45.4 Å². The maximum Gasteiger partial charge on any atom is 0.471 e. The zero-order valence-corrected chi connectivity index (χ0v) is 10.2. The fourth-order valence-corrected chi connectivity index (χ4v) is 1.56. The molecule has 0 saturated carbocycles. The Kier molecular flexibility index (Phi) is 4.13. The normalized spacial score (nSPS) is 11.3. The number of nitrogens with one attached hydrogen (secondary N) is 1. The third kappa shape index (κ3) is 3.19. The first kappa shape index (κ1) is 15.3.